The Labute approximate surface area is 192 Å². The maximum atomic E-state index is 5.30. The van der Waals surface area contributed by atoms with Crippen LogP contribution in [0.1, 0.15) is 22.8 Å². The van der Waals surface area contributed by atoms with Crippen molar-refractivity contribution < 1.29 is 4.52 Å². The maximum absolute atomic E-state index is 5.30. The van der Waals surface area contributed by atoms with Crippen molar-refractivity contribution in [1.82, 2.24) is 24.9 Å². The summed E-state index contributed by atoms with van der Waals surface area (Å²) in [5.74, 6) is 3.17. The minimum Gasteiger partial charge on any atom is -0.361 e. The van der Waals surface area contributed by atoms with Crippen molar-refractivity contribution in [3.05, 3.63) is 77.4 Å². The van der Waals surface area contributed by atoms with Gasteiger partial charge in [0.2, 0.25) is 0 Å². The minimum atomic E-state index is 0.688. The van der Waals surface area contributed by atoms with Crippen molar-refractivity contribution in [2.24, 2.45) is 0 Å². The van der Waals surface area contributed by atoms with E-state index >= 15 is 0 Å². The van der Waals surface area contributed by atoms with Gasteiger partial charge in [0.1, 0.15) is 11.6 Å². The average molecular weight is 466 g/mol. The number of thioether (sulfide) groups is 2. The Morgan fingerprint density at radius 3 is 2.52 bits per heavy atom. The molecule has 0 amide bonds. The first-order valence-electron chi connectivity index (χ1n) is 9.71. The Morgan fingerprint density at radius 2 is 1.74 bits per heavy atom. The summed E-state index contributed by atoms with van der Waals surface area (Å²) in [6.45, 7) is 3.91. The van der Waals surface area contributed by atoms with E-state index in [1.54, 1.807) is 34.9 Å². The van der Waals surface area contributed by atoms with Crippen LogP contribution < -0.4 is 0 Å². The molecule has 0 atom stereocenters. The van der Waals surface area contributed by atoms with Crippen LogP contribution in [-0.4, -0.2) is 24.9 Å². The van der Waals surface area contributed by atoms with Crippen LogP contribution in [0.3, 0.4) is 0 Å². The van der Waals surface area contributed by atoms with Gasteiger partial charge >= 0.3 is 0 Å². The summed E-state index contributed by atoms with van der Waals surface area (Å²) in [6.07, 6.45) is 0. The standard InChI is InChI=1S/C22H19N5OS3/c1-14-17(15(2)28-26-14)12-29-21-25-24-20(27(21)16-8-4-3-5-9-16)13-30-22-23-18-10-6-7-11-19(18)31-22/h3-11H,12-13H2,1-2H3. The minimum absolute atomic E-state index is 0.688. The van der Waals surface area contributed by atoms with Gasteiger partial charge in [-0.1, -0.05) is 59.0 Å². The maximum Gasteiger partial charge on any atom is 0.196 e. The largest absolute Gasteiger partial charge is 0.361 e. The predicted molar refractivity (Wildman–Crippen MR) is 126 cm³/mol. The third kappa shape index (κ3) is 4.26. The molecule has 5 aromatic rings. The fourth-order valence-electron chi connectivity index (χ4n) is 3.21. The molecule has 0 aliphatic rings. The van der Waals surface area contributed by atoms with Crippen LogP contribution in [0.5, 0.6) is 0 Å². The van der Waals surface area contributed by atoms with Crippen molar-refractivity contribution in [2.45, 2.75) is 34.8 Å². The molecule has 0 aliphatic heterocycles. The highest BCUT2D eigenvalue weighted by atomic mass is 32.2. The molecule has 0 radical (unpaired) electrons. The first kappa shape index (κ1) is 20.3. The molecule has 6 nitrogen and oxygen atoms in total. The van der Waals surface area contributed by atoms with E-state index in [-0.39, 0.29) is 0 Å². The SMILES string of the molecule is Cc1noc(C)c1CSc1nnc(CSc2nc3ccccc3s2)n1-c1ccccc1. The Hall–Kier alpha value is -2.62. The number of nitrogens with zero attached hydrogens (tertiary/aromatic N) is 5. The molecule has 0 fully saturated rings. The molecule has 0 bridgehead atoms. The van der Waals surface area contributed by atoms with E-state index in [9.17, 15) is 0 Å². The van der Waals surface area contributed by atoms with Crippen molar-refractivity contribution >= 4 is 45.1 Å². The molecule has 5 rings (SSSR count). The highest BCUT2D eigenvalue weighted by molar-refractivity contribution is 8.00. The smallest absolute Gasteiger partial charge is 0.196 e. The zero-order valence-corrected chi connectivity index (χ0v) is 19.4. The van der Waals surface area contributed by atoms with Crippen LogP contribution in [0.25, 0.3) is 15.9 Å². The first-order valence-corrected chi connectivity index (χ1v) is 12.5. The molecule has 9 heteroatoms. The van der Waals surface area contributed by atoms with E-state index in [0.29, 0.717) is 5.75 Å². The molecule has 156 valence electrons. The number of benzene rings is 2. The molecule has 2 aromatic carbocycles. The zero-order chi connectivity index (χ0) is 21.2. The quantitative estimate of drug-likeness (QED) is 0.270. The number of hydrogen-bond acceptors (Lipinski definition) is 8. The van der Waals surface area contributed by atoms with Crippen LogP contribution in [0.15, 0.2) is 68.6 Å². The number of hydrogen-bond donors (Lipinski definition) is 0. The Bertz CT molecular complexity index is 1270. The van der Waals surface area contributed by atoms with Gasteiger partial charge in [0.05, 0.1) is 21.7 Å². The monoisotopic (exact) mass is 465 g/mol. The summed E-state index contributed by atoms with van der Waals surface area (Å²) in [6, 6.07) is 18.4. The lowest BCUT2D eigenvalue weighted by atomic mass is 10.2. The zero-order valence-electron chi connectivity index (χ0n) is 17.0. The Morgan fingerprint density at radius 1 is 0.935 bits per heavy atom. The van der Waals surface area contributed by atoms with Crippen LogP contribution in [0.2, 0.25) is 0 Å². The van der Waals surface area contributed by atoms with Gasteiger partial charge in [-0.05, 0) is 38.1 Å². The van der Waals surface area contributed by atoms with Crippen LogP contribution in [-0.2, 0) is 11.5 Å². The summed E-state index contributed by atoms with van der Waals surface area (Å²) in [5, 5.41) is 13.9. The van der Waals surface area contributed by atoms with Gasteiger partial charge in [-0.3, -0.25) is 4.57 Å². The second-order valence-corrected chi connectivity index (χ2v) is 10.1. The van der Waals surface area contributed by atoms with Gasteiger partial charge < -0.3 is 4.52 Å². The van der Waals surface area contributed by atoms with E-state index in [1.165, 1.54) is 4.70 Å². The van der Waals surface area contributed by atoms with Crippen LogP contribution >= 0.6 is 34.9 Å². The molecule has 0 N–H and O–H groups in total. The topological polar surface area (TPSA) is 69.6 Å². The molecular formula is C22H19N5OS3. The van der Waals surface area contributed by atoms with E-state index in [2.05, 4.69) is 38.1 Å². The molecule has 0 saturated carbocycles. The summed E-state index contributed by atoms with van der Waals surface area (Å²) < 4.78 is 9.66. The number of fused-ring (bicyclic) bond motifs is 1. The summed E-state index contributed by atoms with van der Waals surface area (Å²) in [5.41, 5.74) is 4.12. The third-order valence-corrected chi connectivity index (χ3v) is 7.97. The van der Waals surface area contributed by atoms with E-state index in [0.717, 1.165) is 49.3 Å². The van der Waals surface area contributed by atoms with Gasteiger partial charge in [-0.15, -0.1) is 21.5 Å². The first-order chi connectivity index (χ1) is 15.2. The van der Waals surface area contributed by atoms with Crippen LogP contribution in [0.4, 0.5) is 0 Å². The van der Waals surface area contributed by atoms with Crippen molar-refractivity contribution in [3.63, 3.8) is 0 Å². The molecule has 3 aromatic heterocycles. The molecule has 0 spiro atoms. The number of thiazole rings is 1. The van der Waals surface area contributed by atoms with Gasteiger partial charge in [-0.25, -0.2) is 4.98 Å². The lowest BCUT2D eigenvalue weighted by molar-refractivity contribution is 0.392. The molecule has 0 aliphatic carbocycles. The number of rotatable bonds is 7. The fraction of sp³-hybridized carbons (Fsp3) is 0.182. The van der Waals surface area contributed by atoms with Gasteiger partial charge in [0, 0.05) is 17.0 Å². The molecule has 0 unspecified atom stereocenters. The Balaban J connectivity index is 1.41. The van der Waals surface area contributed by atoms with Crippen LogP contribution in [0, 0.1) is 13.8 Å². The normalized spacial score (nSPS) is 11.4. The van der Waals surface area contributed by atoms with E-state index < -0.39 is 0 Å². The van der Waals surface area contributed by atoms with Crippen molar-refractivity contribution in [3.8, 4) is 5.69 Å². The van der Waals surface area contributed by atoms with Gasteiger partial charge in [0.15, 0.2) is 9.50 Å². The second-order valence-electron chi connectivity index (χ2n) is 6.90. The van der Waals surface area contributed by atoms with E-state index in [4.69, 9.17) is 9.51 Å². The number of aromatic nitrogens is 5. The summed E-state index contributed by atoms with van der Waals surface area (Å²) in [4.78, 5) is 4.73. The van der Waals surface area contributed by atoms with Crippen molar-refractivity contribution in [2.75, 3.05) is 0 Å². The Kier molecular flexibility index (Phi) is 5.80. The number of para-hydroxylation sites is 2. The highest BCUT2D eigenvalue weighted by Crippen LogP contribution is 2.33. The average Bonchev–Trinajstić information content (AvgIpc) is 3.48. The highest BCUT2D eigenvalue weighted by Gasteiger charge is 2.17. The summed E-state index contributed by atoms with van der Waals surface area (Å²) >= 11 is 5.04. The van der Waals surface area contributed by atoms with Gasteiger partial charge in [0.25, 0.3) is 0 Å². The van der Waals surface area contributed by atoms with Crippen molar-refractivity contribution in [1.29, 1.82) is 0 Å². The molecule has 3 heterocycles. The molecular weight excluding hydrogens is 446 g/mol. The second kappa shape index (κ2) is 8.86. The van der Waals surface area contributed by atoms with E-state index in [1.807, 2.05) is 50.2 Å². The molecule has 31 heavy (non-hydrogen) atoms. The predicted octanol–water partition coefficient (Wildman–Crippen LogP) is 6.07. The molecule has 0 saturated heterocycles. The lowest BCUT2D eigenvalue weighted by Gasteiger charge is -2.09. The summed E-state index contributed by atoms with van der Waals surface area (Å²) in [7, 11) is 0. The number of aryl methyl sites for hydroxylation is 2. The van der Waals surface area contributed by atoms with Gasteiger partial charge in [-0.2, -0.15) is 0 Å². The lowest BCUT2D eigenvalue weighted by Crippen LogP contribution is -2.02. The fourth-order valence-corrected chi connectivity index (χ4v) is 6.31. The third-order valence-electron chi connectivity index (χ3n) is 4.84.